The van der Waals surface area contributed by atoms with E-state index in [-0.39, 0.29) is 44.4 Å². The fourth-order valence-corrected chi connectivity index (χ4v) is 7.91. The van der Waals surface area contributed by atoms with Gasteiger partial charge in [0.25, 0.3) is 27.5 Å². The van der Waals surface area contributed by atoms with Crippen molar-refractivity contribution in [2.45, 2.75) is 44.4 Å². The highest BCUT2D eigenvalue weighted by atomic mass is 35.5. The molecule has 5 aromatic rings. The van der Waals surface area contributed by atoms with E-state index in [1.807, 2.05) is 30.7 Å². The molecule has 16 nitrogen and oxygen atoms in total. The first-order valence-corrected chi connectivity index (χ1v) is 22.0. The van der Waals surface area contributed by atoms with E-state index in [4.69, 9.17) is 49.0 Å². The van der Waals surface area contributed by atoms with Gasteiger partial charge in [0.15, 0.2) is 0 Å². The Morgan fingerprint density at radius 2 is 1.36 bits per heavy atom. The fraction of sp³-hybridized carbons (Fsp3) is 0.227. The Morgan fingerprint density at radius 1 is 0.781 bits per heavy atom. The number of nitrogens with one attached hydrogen (secondary N) is 2. The Bertz CT molecular complexity index is 2650. The van der Waals surface area contributed by atoms with Crippen molar-refractivity contribution in [1.82, 2.24) is 19.8 Å². The molecule has 1 aliphatic heterocycles. The molecular formula is C44H40Cl3N5O11S. The van der Waals surface area contributed by atoms with Gasteiger partial charge in [-0.2, -0.15) is 0 Å². The molecule has 0 radical (unpaired) electrons. The second-order valence-electron chi connectivity index (χ2n) is 14.6. The maximum Gasteiger partial charge on any atom is 0.328 e. The lowest BCUT2D eigenvalue weighted by molar-refractivity contribution is -0.384. The number of nitro groups is 1. The van der Waals surface area contributed by atoms with E-state index in [9.17, 15) is 37.7 Å². The zero-order valence-corrected chi connectivity index (χ0v) is 37.3. The van der Waals surface area contributed by atoms with Crippen LogP contribution in [0.1, 0.15) is 27.8 Å². The Balaban J connectivity index is 1.07. The minimum absolute atomic E-state index is 0.0342. The Hall–Kier alpha value is -6.40. The quantitative estimate of drug-likeness (QED) is 0.0367. The number of nitro benzene ring substituents is 1. The monoisotopic (exact) mass is 951 g/mol. The van der Waals surface area contributed by atoms with Crippen molar-refractivity contribution in [1.29, 1.82) is 0 Å². The van der Waals surface area contributed by atoms with E-state index < -0.39 is 61.9 Å². The van der Waals surface area contributed by atoms with Crippen LogP contribution in [0, 0.1) is 24.0 Å². The maximum absolute atomic E-state index is 13.6. The van der Waals surface area contributed by atoms with Gasteiger partial charge in [0.2, 0.25) is 5.91 Å². The summed E-state index contributed by atoms with van der Waals surface area (Å²) in [5.41, 5.74) is 3.10. The molecule has 1 aliphatic rings. The molecule has 1 heterocycles. The average Bonchev–Trinajstić information content (AvgIpc) is 3.51. The fourth-order valence-electron chi connectivity index (χ4n) is 6.45. The van der Waals surface area contributed by atoms with Crippen LogP contribution in [0.25, 0.3) is 0 Å². The number of imide groups is 1. The van der Waals surface area contributed by atoms with Crippen molar-refractivity contribution in [2.75, 3.05) is 26.3 Å². The van der Waals surface area contributed by atoms with Crippen molar-refractivity contribution in [3.8, 4) is 17.2 Å². The summed E-state index contributed by atoms with van der Waals surface area (Å²) in [6.07, 6.45) is -0.256. The number of nitrogens with zero attached hydrogens (tertiary/aromatic N) is 3. The minimum atomic E-state index is -4.73. The molecule has 0 saturated carbocycles. The largest absolute Gasteiger partial charge is 0.490 e. The van der Waals surface area contributed by atoms with Gasteiger partial charge in [-0.15, -0.1) is 0 Å². The first kappa shape index (κ1) is 47.1. The number of sulfonamides is 1. The van der Waals surface area contributed by atoms with Gasteiger partial charge in [-0.3, -0.25) is 29.4 Å². The molecule has 2 N–H and O–H groups in total. The van der Waals surface area contributed by atoms with E-state index in [1.165, 1.54) is 4.90 Å². The van der Waals surface area contributed by atoms with Crippen LogP contribution >= 0.6 is 34.8 Å². The highest BCUT2D eigenvalue weighted by Crippen LogP contribution is 2.28. The highest BCUT2D eigenvalue weighted by molar-refractivity contribution is 7.90. The lowest BCUT2D eigenvalue weighted by Crippen LogP contribution is -2.52. The van der Waals surface area contributed by atoms with Crippen molar-refractivity contribution < 1.29 is 46.7 Å². The van der Waals surface area contributed by atoms with Crippen LogP contribution in [-0.2, 0) is 44.0 Å². The highest BCUT2D eigenvalue weighted by Gasteiger charge is 2.38. The number of urea groups is 1. The van der Waals surface area contributed by atoms with Crippen LogP contribution in [0.2, 0.25) is 15.1 Å². The molecule has 0 aliphatic carbocycles. The Kier molecular flexibility index (Phi) is 15.3. The van der Waals surface area contributed by atoms with E-state index in [0.29, 0.717) is 44.5 Å². The number of rotatable bonds is 19. The maximum atomic E-state index is 13.6. The molecule has 0 aromatic heterocycles. The Morgan fingerprint density at radius 3 is 1.98 bits per heavy atom. The van der Waals surface area contributed by atoms with E-state index in [1.54, 1.807) is 72.8 Å². The molecule has 5 aromatic carbocycles. The molecule has 6 rings (SSSR count). The zero-order chi connectivity index (χ0) is 46.1. The predicted molar refractivity (Wildman–Crippen MR) is 237 cm³/mol. The van der Waals surface area contributed by atoms with Crippen LogP contribution in [0.3, 0.4) is 0 Å². The number of amides is 5. The number of benzene rings is 5. The van der Waals surface area contributed by atoms with E-state index >= 15 is 0 Å². The number of carbonyl (C=O) groups excluding carboxylic acids is 4. The summed E-state index contributed by atoms with van der Waals surface area (Å²) in [5.74, 6) is -1.13. The average molecular weight is 953 g/mol. The molecule has 20 heteroatoms. The van der Waals surface area contributed by atoms with Gasteiger partial charge in [0.05, 0.1) is 9.82 Å². The van der Waals surface area contributed by atoms with Crippen LogP contribution in [0.5, 0.6) is 17.2 Å². The molecule has 1 fully saturated rings. The van der Waals surface area contributed by atoms with Crippen LogP contribution < -0.4 is 24.2 Å². The van der Waals surface area contributed by atoms with Gasteiger partial charge in [-0.05, 0) is 102 Å². The summed E-state index contributed by atoms with van der Waals surface area (Å²) in [4.78, 5) is 65.4. The smallest absolute Gasteiger partial charge is 0.328 e. The second kappa shape index (κ2) is 20.9. The molecule has 1 atom stereocenters. The zero-order valence-electron chi connectivity index (χ0n) is 34.2. The number of hydrogen-bond donors (Lipinski definition) is 2. The van der Waals surface area contributed by atoms with Crippen molar-refractivity contribution in [3.63, 3.8) is 0 Å². The third-order valence-corrected chi connectivity index (χ3v) is 12.3. The second-order valence-corrected chi connectivity index (χ2v) is 17.5. The summed E-state index contributed by atoms with van der Waals surface area (Å²) in [6, 6.07) is 24.4. The van der Waals surface area contributed by atoms with Gasteiger partial charge in [-0.25, -0.2) is 17.9 Å². The number of aryl methyl sites for hydroxylation is 2. The molecule has 0 bridgehead atoms. The van der Waals surface area contributed by atoms with Gasteiger partial charge in [-0.1, -0.05) is 71.2 Å². The summed E-state index contributed by atoms with van der Waals surface area (Å²) < 4.78 is 45.8. The van der Waals surface area contributed by atoms with Gasteiger partial charge in [0, 0.05) is 29.1 Å². The standard InChI is InChI=1S/C44H40Cl3N5O11S/c1-27-19-35(20-28(2)42(27)47)62-18-17-61-33-13-7-30(8-14-33)23-50-25-41(54)51(44(50)56)24-40(53)48-38(43(55)49-64(59,60)36-15-16-37(46)39(22-36)52(57)58)21-29-5-11-34(12-6-29)63-26-31-3-9-32(45)10-4-31/h3-16,19-20,22,38H,17-18,21,23-26H2,1-2H3,(H,48,53)(H,49,55)/t38-/m0/s1. The number of halogens is 3. The Labute approximate surface area is 383 Å². The SMILES string of the molecule is Cc1cc(OCCOc2ccc(CN3CC(=O)N(CC(=O)N[C@@H](Cc4ccc(OCc5ccc(Cl)cc5)cc4)C(=O)NS(=O)(=O)c4ccc(Cl)c([N+](=O)[O-])c4)C3=O)cc2)cc(C)c1Cl. The first-order chi connectivity index (χ1) is 30.4. The number of hydrogen-bond acceptors (Lipinski definition) is 11. The topological polar surface area (TPSA) is 204 Å². The lowest BCUT2D eigenvalue weighted by atomic mass is 10.1. The molecule has 0 unspecified atom stereocenters. The first-order valence-electron chi connectivity index (χ1n) is 19.4. The van der Waals surface area contributed by atoms with Crippen molar-refractivity contribution in [3.05, 3.63) is 156 Å². The number of ether oxygens (including phenoxy) is 3. The van der Waals surface area contributed by atoms with Crippen LogP contribution in [0.4, 0.5) is 10.5 Å². The van der Waals surface area contributed by atoms with Crippen molar-refractivity contribution >= 4 is 74.3 Å². The minimum Gasteiger partial charge on any atom is -0.490 e. The molecule has 5 amide bonds. The predicted octanol–water partition coefficient (Wildman–Crippen LogP) is 7.21. The molecule has 1 saturated heterocycles. The summed E-state index contributed by atoms with van der Waals surface area (Å²) in [6.45, 7) is 3.49. The van der Waals surface area contributed by atoms with E-state index in [2.05, 4.69) is 5.32 Å². The molecular weight excluding hydrogens is 913 g/mol. The molecule has 64 heavy (non-hydrogen) atoms. The van der Waals surface area contributed by atoms with Crippen LogP contribution in [-0.4, -0.2) is 79.2 Å². The van der Waals surface area contributed by atoms with Crippen molar-refractivity contribution in [2.24, 2.45) is 0 Å². The van der Waals surface area contributed by atoms with E-state index in [0.717, 1.165) is 33.7 Å². The van der Waals surface area contributed by atoms with Crippen LogP contribution in [0.15, 0.2) is 108 Å². The molecule has 334 valence electrons. The van der Waals surface area contributed by atoms with Gasteiger partial charge < -0.3 is 24.4 Å². The summed E-state index contributed by atoms with van der Waals surface area (Å²) in [7, 11) is -4.73. The molecule has 0 spiro atoms. The summed E-state index contributed by atoms with van der Waals surface area (Å²) >= 11 is 18.0. The van der Waals surface area contributed by atoms with Gasteiger partial charge >= 0.3 is 6.03 Å². The third-order valence-electron chi connectivity index (χ3n) is 9.75. The van der Waals surface area contributed by atoms with Gasteiger partial charge in [0.1, 0.15) is 61.2 Å². The normalized spacial score (nSPS) is 13.1. The third kappa shape index (κ3) is 12.4. The summed E-state index contributed by atoms with van der Waals surface area (Å²) in [5, 5.41) is 14.8. The number of carbonyl (C=O) groups is 4. The lowest BCUT2D eigenvalue weighted by Gasteiger charge is -2.21.